The SMILES string of the molecule is CCCCCCCCCCCCN(C(O)CC)C(CC(C)C)c1ccccc1.Cl. The molecular weight excluding hydrogens is 378 g/mol. The smallest absolute Gasteiger partial charge is 0.107 e. The van der Waals surface area contributed by atoms with Crippen molar-refractivity contribution in [2.24, 2.45) is 5.92 Å². The summed E-state index contributed by atoms with van der Waals surface area (Å²) >= 11 is 0. The highest BCUT2D eigenvalue weighted by Gasteiger charge is 2.25. The first-order valence-electron chi connectivity index (χ1n) is 12.1. The summed E-state index contributed by atoms with van der Waals surface area (Å²) in [5.41, 5.74) is 1.34. The van der Waals surface area contributed by atoms with Crippen LogP contribution < -0.4 is 0 Å². The molecule has 1 N–H and O–H groups in total. The lowest BCUT2D eigenvalue weighted by atomic mass is 9.94. The minimum atomic E-state index is -0.345. The summed E-state index contributed by atoms with van der Waals surface area (Å²) in [7, 11) is 0. The molecule has 3 heteroatoms. The number of nitrogens with zero attached hydrogens (tertiary/aromatic N) is 1. The zero-order valence-electron chi connectivity index (χ0n) is 19.6. The van der Waals surface area contributed by atoms with Crippen LogP contribution in [-0.2, 0) is 0 Å². The fourth-order valence-electron chi connectivity index (χ4n) is 4.11. The third kappa shape index (κ3) is 12.7. The molecule has 0 heterocycles. The van der Waals surface area contributed by atoms with E-state index in [1.807, 2.05) is 0 Å². The number of hydrogen-bond acceptors (Lipinski definition) is 2. The predicted molar refractivity (Wildman–Crippen MR) is 131 cm³/mol. The first kappa shape index (κ1) is 28.4. The molecule has 0 aromatic heterocycles. The second-order valence-corrected chi connectivity index (χ2v) is 8.86. The summed E-state index contributed by atoms with van der Waals surface area (Å²) in [5.74, 6) is 0.615. The van der Waals surface area contributed by atoms with Crippen LogP contribution >= 0.6 is 12.4 Å². The van der Waals surface area contributed by atoms with Crippen molar-refractivity contribution in [3.63, 3.8) is 0 Å². The number of aliphatic hydroxyl groups excluding tert-OH is 1. The van der Waals surface area contributed by atoms with Gasteiger partial charge in [0.15, 0.2) is 0 Å². The van der Waals surface area contributed by atoms with Crippen LogP contribution in [0.4, 0.5) is 0 Å². The van der Waals surface area contributed by atoms with Gasteiger partial charge in [-0.15, -0.1) is 12.4 Å². The predicted octanol–water partition coefficient (Wildman–Crippen LogP) is 8.15. The van der Waals surface area contributed by atoms with E-state index in [2.05, 4.69) is 62.9 Å². The molecule has 0 saturated heterocycles. The van der Waals surface area contributed by atoms with E-state index in [0.717, 1.165) is 19.4 Å². The lowest BCUT2D eigenvalue weighted by Crippen LogP contribution is -2.39. The summed E-state index contributed by atoms with van der Waals surface area (Å²) in [5, 5.41) is 10.7. The molecule has 170 valence electrons. The fourth-order valence-corrected chi connectivity index (χ4v) is 4.11. The lowest BCUT2D eigenvalue weighted by Gasteiger charge is -2.36. The van der Waals surface area contributed by atoms with E-state index in [4.69, 9.17) is 0 Å². The molecule has 0 saturated carbocycles. The minimum absolute atomic E-state index is 0. The maximum absolute atomic E-state index is 10.7. The fraction of sp³-hybridized carbons (Fsp3) is 0.769. The van der Waals surface area contributed by atoms with E-state index < -0.39 is 0 Å². The maximum atomic E-state index is 10.7. The average molecular weight is 426 g/mol. The van der Waals surface area contributed by atoms with E-state index in [1.165, 1.54) is 69.8 Å². The molecule has 1 rings (SSSR count). The molecule has 2 atom stereocenters. The molecule has 0 aliphatic rings. The van der Waals surface area contributed by atoms with E-state index in [1.54, 1.807) is 0 Å². The second-order valence-electron chi connectivity index (χ2n) is 8.86. The number of unbranched alkanes of at least 4 members (excludes halogenated alkanes) is 9. The van der Waals surface area contributed by atoms with Gasteiger partial charge in [-0.2, -0.15) is 0 Å². The van der Waals surface area contributed by atoms with Crippen molar-refractivity contribution in [1.82, 2.24) is 4.90 Å². The van der Waals surface area contributed by atoms with Crippen molar-refractivity contribution in [1.29, 1.82) is 0 Å². The first-order chi connectivity index (χ1) is 13.6. The Hall–Kier alpha value is -0.570. The van der Waals surface area contributed by atoms with Gasteiger partial charge in [-0.3, -0.25) is 4.90 Å². The molecule has 0 aliphatic heterocycles. The highest BCUT2D eigenvalue weighted by molar-refractivity contribution is 5.85. The molecule has 1 aromatic carbocycles. The maximum Gasteiger partial charge on any atom is 0.107 e. The Bertz CT molecular complexity index is 465. The Balaban J connectivity index is 0.00000784. The van der Waals surface area contributed by atoms with Gasteiger partial charge in [0.05, 0.1) is 0 Å². The number of benzene rings is 1. The first-order valence-corrected chi connectivity index (χ1v) is 12.1. The Morgan fingerprint density at radius 3 is 1.79 bits per heavy atom. The second kappa shape index (κ2) is 18.2. The Kier molecular flexibility index (Phi) is 17.9. The van der Waals surface area contributed by atoms with Crippen molar-refractivity contribution < 1.29 is 5.11 Å². The standard InChI is InChI=1S/C26H47NO.ClH/c1-5-7-8-9-10-11-12-13-14-18-21-27(26(28)6-2)25(22-23(3)4)24-19-16-15-17-20-24;/h15-17,19-20,23,25-26,28H,5-14,18,21-22H2,1-4H3;1H. The highest BCUT2D eigenvalue weighted by atomic mass is 35.5. The number of aliphatic hydroxyl groups is 1. The number of hydrogen-bond donors (Lipinski definition) is 1. The molecule has 0 fully saturated rings. The van der Waals surface area contributed by atoms with Crippen molar-refractivity contribution >= 4 is 12.4 Å². The molecule has 29 heavy (non-hydrogen) atoms. The Labute approximate surface area is 187 Å². The lowest BCUT2D eigenvalue weighted by molar-refractivity contribution is -0.0346. The van der Waals surface area contributed by atoms with E-state index in [0.29, 0.717) is 12.0 Å². The summed E-state index contributed by atoms with van der Waals surface area (Å²) in [6.45, 7) is 9.94. The number of rotatable bonds is 17. The van der Waals surface area contributed by atoms with E-state index in [9.17, 15) is 5.11 Å². The van der Waals surface area contributed by atoms with Crippen LogP contribution in [0.15, 0.2) is 30.3 Å². The molecule has 0 bridgehead atoms. The van der Waals surface area contributed by atoms with Crippen molar-refractivity contribution in [2.45, 2.75) is 117 Å². The zero-order chi connectivity index (χ0) is 20.6. The Morgan fingerprint density at radius 1 is 0.793 bits per heavy atom. The molecule has 1 aromatic rings. The Morgan fingerprint density at radius 2 is 1.31 bits per heavy atom. The average Bonchev–Trinajstić information content (AvgIpc) is 2.70. The molecule has 0 amide bonds. The monoisotopic (exact) mass is 425 g/mol. The summed E-state index contributed by atoms with van der Waals surface area (Å²) in [6.07, 6.45) is 15.1. The van der Waals surface area contributed by atoms with Crippen molar-refractivity contribution in [3.8, 4) is 0 Å². The number of halogens is 1. The van der Waals surface area contributed by atoms with Gasteiger partial charge in [0, 0.05) is 12.6 Å². The summed E-state index contributed by atoms with van der Waals surface area (Å²) in [6, 6.07) is 11.1. The zero-order valence-corrected chi connectivity index (χ0v) is 20.4. The van der Waals surface area contributed by atoms with Crippen LogP contribution in [0.5, 0.6) is 0 Å². The third-order valence-electron chi connectivity index (χ3n) is 5.80. The normalized spacial score (nSPS) is 13.5. The molecule has 0 spiro atoms. The molecule has 0 radical (unpaired) electrons. The van der Waals surface area contributed by atoms with Crippen LogP contribution in [-0.4, -0.2) is 22.8 Å². The molecule has 2 nitrogen and oxygen atoms in total. The van der Waals surface area contributed by atoms with Gasteiger partial charge in [0.2, 0.25) is 0 Å². The van der Waals surface area contributed by atoms with Crippen LogP contribution in [0, 0.1) is 5.92 Å². The van der Waals surface area contributed by atoms with Crippen molar-refractivity contribution in [2.75, 3.05) is 6.54 Å². The molecule has 0 aliphatic carbocycles. The summed E-state index contributed by atoms with van der Waals surface area (Å²) < 4.78 is 0. The van der Waals surface area contributed by atoms with Gasteiger partial charge in [-0.25, -0.2) is 0 Å². The van der Waals surface area contributed by atoms with Crippen LogP contribution in [0.2, 0.25) is 0 Å². The van der Waals surface area contributed by atoms with Gasteiger partial charge in [0.25, 0.3) is 0 Å². The van der Waals surface area contributed by atoms with Gasteiger partial charge in [-0.1, -0.05) is 116 Å². The van der Waals surface area contributed by atoms with Gasteiger partial charge < -0.3 is 5.11 Å². The quantitative estimate of drug-likeness (QED) is 0.201. The van der Waals surface area contributed by atoms with Crippen LogP contribution in [0.1, 0.15) is 116 Å². The van der Waals surface area contributed by atoms with Gasteiger partial charge >= 0.3 is 0 Å². The van der Waals surface area contributed by atoms with Crippen LogP contribution in [0.25, 0.3) is 0 Å². The van der Waals surface area contributed by atoms with Crippen molar-refractivity contribution in [3.05, 3.63) is 35.9 Å². The van der Waals surface area contributed by atoms with Gasteiger partial charge in [-0.05, 0) is 30.7 Å². The van der Waals surface area contributed by atoms with Crippen LogP contribution in [0.3, 0.4) is 0 Å². The topological polar surface area (TPSA) is 23.5 Å². The largest absolute Gasteiger partial charge is 0.378 e. The molecular formula is C26H48ClNO. The third-order valence-corrected chi connectivity index (χ3v) is 5.80. The molecule has 2 unspecified atom stereocenters. The van der Waals surface area contributed by atoms with E-state index in [-0.39, 0.29) is 18.6 Å². The van der Waals surface area contributed by atoms with Gasteiger partial charge in [0.1, 0.15) is 6.23 Å². The summed E-state index contributed by atoms with van der Waals surface area (Å²) in [4.78, 5) is 2.36. The minimum Gasteiger partial charge on any atom is -0.378 e. The van der Waals surface area contributed by atoms with E-state index >= 15 is 0 Å². The highest BCUT2D eigenvalue weighted by Crippen LogP contribution is 2.30.